The Labute approximate surface area is 211 Å². The van der Waals surface area contributed by atoms with Crippen molar-refractivity contribution < 1.29 is 9.13 Å². The second-order valence-corrected chi connectivity index (χ2v) is 10.0. The molecule has 0 N–H and O–H groups in total. The Morgan fingerprint density at radius 3 is 1.60 bits per heavy atom. The van der Waals surface area contributed by atoms with Crippen LogP contribution >= 0.6 is 11.3 Å². The van der Waals surface area contributed by atoms with Crippen molar-refractivity contribution in [2.24, 2.45) is 0 Å². The van der Waals surface area contributed by atoms with Crippen molar-refractivity contribution in [3.05, 3.63) is 113 Å². The Bertz CT molecular complexity index is 1430. The van der Waals surface area contributed by atoms with Crippen LogP contribution in [0.4, 0.5) is 0 Å². The van der Waals surface area contributed by atoms with Gasteiger partial charge in [0, 0.05) is 26.0 Å². The molecule has 0 aliphatic heterocycles. The molecule has 3 heterocycles. The van der Waals surface area contributed by atoms with Crippen LogP contribution < -0.4 is 9.13 Å². The SMILES string of the molecule is Cc1cc(-c2ccccc2)cc(C)[n+]1CCc1nnc(-[n+]2c(C)cc(-c3ccccc3)cc2C)s1. The molecule has 0 atom stereocenters. The molecule has 174 valence electrons. The molecular formula is C30H30N4S+2. The summed E-state index contributed by atoms with van der Waals surface area (Å²) in [7, 11) is 0. The molecule has 0 radical (unpaired) electrons. The van der Waals surface area contributed by atoms with E-state index in [-0.39, 0.29) is 0 Å². The molecule has 5 aromatic rings. The van der Waals surface area contributed by atoms with E-state index in [2.05, 4.69) is 126 Å². The molecule has 0 saturated carbocycles. The van der Waals surface area contributed by atoms with E-state index in [0.29, 0.717) is 0 Å². The van der Waals surface area contributed by atoms with Gasteiger partial charge in [0.05, 0.1) is 11.5 Å². The maximum atomic E-state index is 4.54. The molecule has 0 spiro atoms. The number of hydrogen-bond donors (Lipinski definition) is 0. The lowest BCUT2D eigenvalue weighted by molar-refractivity contribution is -0.708. The third-order valence-corrected chi connectivity index (χ3v) is 7.39. The Morgan fingerprint density at radius 1 is 0.600 bits per heavy atom. The van der Waals surface area contributed by atoms with Crippen molar-refractivity contribution in [3.8, 4) is 27.4 Å². The Hall–Kier alpha value is -3.70. The first-order valence-electron chi connectivity index (χ1n) is 12.0. The second-order valence-electron chi connectivity index (χ2n) is 9.00. The molecule has 0 fully saturated rings. The van der Waals surface area contributed by atoms with E-state index in [9.17, 15) is 0 Å². The lowest BCUT2D eigenvalue weighted by atomic mass is 10.0. The minimum atomic E-state index is 0.857. The van der Waals surface area contributed by atoms with E-state index in [1.807, 2.05) is 6.07 Å². The number of nitrogens with zero attached hydrogens (tertiary/aromatic N) is 4. The Balaban J connectivity index is 1.35. The summed E-state index contributed by atoms with van der Waals surface area (Å²) in [5.41, 5.74) is 9.79. The van der Waals surface area contributed by atoms with Gasteiger partial charge in [-0.2, -0.15) is 9.13 Å². The highest BCUT2D eigenvalue weighted by Crippen LogP contribution is 2.22. The van der Waals surface area contributed by atoms with Crippen LogP contribution in [0.5, 0.6) is 0 Å². The number of aryl methyl sites for hydroxylation is 5. The maximum absolute atomic E-state index is 4.54. The van der Waals surface area contributed by atoms with E-state index >= 15 is 0 Å². The molecule has 2 aromatic carbocycles. The molecule has 5 rings (SSSR count). The summed E-state index contributed by atoms with van der Waals surface area (Å²) in [4.78, 5) is 0. The molecule has 0 aliphatic rings. The van der Waals surface area contributed by atoms with E-state index < -0.39 is 0 Å². The number of pyridine rings is 2. The zero-order valence-electron chi connectivity index (χ0n) is 20.7. The molecule has 5 heteroatoms. The minimum absolute atomic E-state index is 0.857. The highest BCUT2D eigenvalue weighted by Gasteiger charge is 2.22. The van der Waals surface area contributed by atoms with E-state index in [0.717, 1.165) is 34.5 Å². The van der Waals surface area contributed by atoms with Gasteiger partial charge >= 0.3 is 5.13 Å². The molecule has 3 aromatic heterocycles. The molecule has 0 unspecified atom stereocenters. The van der Waals surface area contributed by atoms with Crippen LogP contribution in [0.25, 0.3) is 27.4 Å². The zero-order chi connectivity index (χ0) is 24.4. The van der Waals surface area contributed by atoms with Gasteiger partial charge < -0.3 is 0 Å². The van der Waals surface area contributed by atoms with Crippen LogP contribution in [-0.2, 0) is 13.0 Å². The lowest BCUT2D eigenvalue weighted by Crippen LogP contribution is -2.41. The predicted molar refractivity (Wildman–Crippen MR) is 142 cm³/mol. The number of hydrogen-bond acceptors (Lipinski definition) is 3. The summed E-state index contributed by atoms with van der Waals surface area (Å²) in [5.74, 6) is 0. The van der Waals surface area contributed by atoms with Crippen molar-refractivity contribution in [2.75, 3.05) is 0 Å². The van der Waals surface area contributed by atoms with Gasteiger partial charge in [0.25, 0.3) is 0 Å². The first-order chi connectivity index (χ1) is 17.0. The van der Waals surface area contributed by atoms with Crippen LogP contribution in [0.15, 0.2) is 84.9 Å². The smallest absolute Gasteiger partial charge is 0.200 e. The van der Waals surface area contributed by atoms with Gasteiger partial charge in [-0.05, 0) is 64.7 Å². The first kappa shape index (κ1) is 23.1. The second kappa shape index (κ2) is 9.88. The van der Waals surface area contributed by atoms with E-state index in [1.54, 1.807) is 11.3 Å². The third-order valence-electron chi connectivity index (χ3n) is 6.43. The average Bonchev–Trinajstić information content (AvgIpc) is 3.32. The third kappa shape index (κ3) is 4.91. The first-order valence-corrected chi connectivity index (χ1v) is 12.8. The summed E-state index contributed by atoms with van der Waals surface area (Å²) >= 11 is 1.67. The quantitative estimate of drug-likeness (QED) is 0.284. The van der Waals surface area contributed by atoms with Gasteiger partial charge in [0.1, 0.15) is 11.4 Å². The summed E-state index contributed by atoms with van der Waals surface area (Å²) in [6, 6.07) is 30.0. The summed E-state index contributed by atoms with van der Waals surface area (Å²) in [6.45, 7) is 9.52. The van der Waals surface area contributed by atoms with Crippen LogP contribution in [0.1, 0.15) is 27.8 Å². The summed E-state index contributed by atoms with van der Waals surface area (Å²) < 4.78 is 4.57. The largest absolute Gasteiger partial charge is 0.415 e. The molecule has 35 heavy (non-hydrogen) atoms. The van der Waals surface area contributed by atoms with Gasteiger partial charge in [-0.15, -0.1) is 0 Å². The van der Waals surface area contributed by atoms with Crippen LogP contribution in [0, 0.1) is 27.7 Å². The lowest BCUT2D eigenvalue weighted by Gasteiger charge is -2.08. The summed E-state index contributed by atoms with van der Waals surface area (Å²) in [6.07, 6.45) is 0.857. The van der Waals surface area contributed by atoms with Crippen molar-refractivity contribution in [1.82, 2.24) is 10.2 Å². The van der Waals surface area contributed by atoms with Gasteiger partial charge in [0.2, 0.25) is 0 Å². The molecule has 0 saturated heterocycles. The molecular weight excluding hydrogens is 448 g/mol. The average molecular weight is 479 g/mol. The van der Waals surface area contributed by atoms with Gasteiger partial charge in [-0.1, -0.05) is 60.7 Å². The molecule has 0 aliphatic carbocycles. The molecule has 4 nitrogen and oxygen atoms in total. The normalized spacial score (nSPS) is 11.1. The maximum Gasteiger partial charge on any atom is 0.415 e. The van der Waals surface area contributed by atoms with Crippen molar-refractivity contribution >= 4 is 11.3 Å². The Morgan fingerprint density at radius 2 is 1.09 bits per heavy atom. The highest BCUT2D eigenvalue weighted by atomic mass is 32.1. The molecule has 0 bridgehead atoms. The van der Waals surface area contributed by atoms with Gasteiger partial charge in [-0.3, -0.25) is 0 Å². The molecule has 0 amide bonds. The van der Waals surface area contributed by atoms with Crippen LogP contribution in [-0.4, -0.2) is 10.2 Å². The van der Waals surface area contributed by atoms with Crippen molar-refractivity contribution in [3.63, 3.8) is 0 Å². The fraction of sp³-hybridized carbons (Fsp3) is 0.200. The number of rotatable bonds is 6. The fourth-order valence-corrected chi connectivity index (χ4v) is 5.66. The van der Waals surface area contributed by atoms with Crippen molar-refractivity contribution in [2.45, 2.75) is 40.7 Å². The minimum Gasteiger partial charge on any atom is -0.200 e. The van der Waals surface area contributed by atoms with E-state index in [1.165, 1.54) is 33.6 Å². The van der Waals surface area contributed by atoms with Crippen LogP contribution in [0.3, 0.4) is 0 Å². The predicted octanol–water partition coefficient (Wildman–Crippen LogP) is 5.91. The Kier molecular flexibility index (Phi) is 6.51. The standard InChI is InChI=1S/C30H30N4S/c1-21-17-27(25-11-7-5-8-12-25)18-22(2)33(21)16-15-29-31-32-30(35-29)34-23(3)19-28(20-24(34)4)26-13-9-6-10-14-26/h5-14,17-20H,15-16H2,1-4H3/q+2. The van der Waals surface area contributed by atoms with E-state index in [4.69, 9.17) is 0 Å². The topological polar surface area (TPSA) is 33.5 Å². The van der Waals surface area contributed by atoms with Gasteiger partial charge in [-0.25, -0.2) is 0 Å². The van der Waals surface area contributed by atoms with Gasteiger partial charge in [0.15, 0.2) is 22.9 Å². The number of aromatic nitrogens is 4. The van der Waals surface area contributed by atoms with Crippen molar-refractivity contribution in [1.29, 1.82) is 0 Å². The van der Waals surface area contributed by atoms with Crippen LogP contribution in [0.2, 0.25) is 0 Å². The zero-order valence-corrected chi connectivity index (χ0v) is 21.5. The number of benzene rings is 2. The highest BCUT2D eigenvalue weighted by molar-refractivity contribution is 7.13. The monoisotopic (exact) mass is 478 g/mol. The summed E-state index contributed by atoms with van der Waals surface area (Å²) in [5, 5.41) is 11.0. The fourth-order valence-electron chi connectivity index (χ4n) is 4.72.